The summed E-state index contributed by atoms with van der Waals surface area (Å²) in [6.07, 6.45) is 0. The lowest BCUT2D eigenvalue weighted by molar-refractivity contribution is 0.469. The van der Waals surface area contributed by atoms with Crippen LogP contribution >= 0.6 is 0 Å². The number of nitrogens with two attached hydrogens (primary N) is 2. The van der Waals surface area contributed by atoms with Gasteiger partial charge in [-0.25, -0.2) is 0 Å². The molecule has 88 valence electrons. The first-order valence-corrected chi connectivity index (χ1v) is 5.32. The third-order valence-corrected chi connectivity index (χ3v) is 2.54. The van der Waals surface area contributed by atoms with Gasteiger partial charge in [0.1, 0.15) is 5.75 Å². The Morgan fingerprint density at radius 1 is 1.06 bits per heavy atom. The van der Waals surface area contributed by atoms with Crippen LogP contribution in [-0.4, -0.2) is 5.11 Å². The van der Waals surface area contributed by atoms with Gasteiger partial charge in [-0.05, 0) is 30.3 Å². The van der Waals surface area contributed by atoms with Crippen LogP contribution in [0, 0.1) is 0 Å². The first-order valence-electron chi connectivity index (χ1n) is 5.32. The van der Waals surface area contributed by atoms with Crippen molar-refractivity contribution in [3.05, 3.63) is 48.0 Å². The van der Waals surface area contributed by atoms with E-state index in [1.54, 1.807) is 18.2 Å². The number of benzene rings is 2. The highest BCUT2D eigenvalue weighted by molar-refractivity contribution is 5.58. The molecule has 2 aromatic carbocycles. The lowest BCUT2D eigenvalue weighted by atomic mass is 10.1. The Balaban J connectivity index is 2.13. The van der Waals surface area contributed by atoms with E-state index in [-0.39, 0.29) is 5.75 Å². The van der Waals surface area contributed by atoms with E-state index in [0.717, 1.165) is 5.69 Å². The Hall–Kier alpha value is -2.36. The fourth-order valence-electron chi connectivity index (χ4n) is 1.62. The van der Waals surface area contributed by atoms with Crippen molar-refractivity contribution in [1.82, 2.24) is 0 Å². The maximum absolute atomic E-state index is 9.68. The average Bonchev–Trinajstić information content (AvgIpc) is 2.28. The van der Waals surface area contributed by atoms with Gasteiger partial charge in [-0.15, -0.1) is 0 Å². The van der Waals surface area contributed by atoms with Crippen LogP contribution < -0.4 is 16.8 Å². The molecule has 0 aliphatic rings. The van der Waals surface area contributed by atoms with E-state index < -0.39 is 0 Å². The molecule has 0 amide bonds. The molecular formula is C13H15N3O. The molecule has 4 nitrogen and oxygen atoms in total. The topological polar surface area (TPSA) is 84.3 Å². The minimum atomic E-state index is 0.196. The number of anilines is 3. The molecule has 0 aliphatic heterocycles. The molecule has 0 bridgehead atoms. The zero-order chi connectivity index (χ0) is 12.3. The van der Waals surface area contributed by atoms with E-state index in [1.807, 2.05) is 24.3 Å². The monoisotopic (exact) mass is 229 g/mol. The Bertz CT molecular complexity index is 506. The summed E-state index contributed by atoms with van der Waals surface area (Å²) in [7, 11) is 0. The molecule has 17 heavy (non-hydrogen) atoms. The van der Waals surface area contributed by atoms with Gasteiger partial charge in [0.25, 0.3) is 0 Å². The van der Waals surface area contributed by atoms with E-state index in [1.165, 1.54) is 0 Å². The van der Waals surface area contributed by atoms with Crippen LogP contribution in [0.4, 0.5) is 17.1 Å². The molecule has 0 saturated heterocycles. The van der Waals surface area contributed by atoms with Gasteiger partial charge in [-0.1, -0.05) is 12.1 Å². The summed E-state index contributed by atoms with van der Waals surface area (Å²) in [5.41, 5.74) is 14.3. The fourth-order valence-corrected chi connectivity index (χ4v) is 1.62. The molecule has 2 aromatic rings. The smallest absolute Gasteiger partial charge is 0.122 e. The Kier molecular flexibility index (Phi) is 3.05. The minimum absolute atomic E-state index is 0.196. The van der Waals surface area contributed by atoms with Crippen LogP contribution in [0.25, 0.3) is 0 Å². The standard InChI is InChI=1S/C13H15N3O/c14-9-3-1-4-10(7-9)16-8-11-12(15)5-2-6-13(11)17/h1-7,16-17H,8,14-15H2. The van der Waals surface area contributed by atoms with Gasteiger partial charge >= 0.3 is 0 Å². The number of phenols is 1. The Morgan fingerprint density at radius 2 is 1.82 bits per heavy atom. The molecule has 6 N–H and O–H groups in total. The summed E-state index contributed by atoms with van der Waals surface area (Å²) in [5, 5.41) is 12.8. The maximum atomic E-state index is 9.68. The van der Waals surface area contributed by atoms with Crippen molar-refractivity contribution in [2.45, 2.75) is 6.54 Å². The third-order valence-electron chi connectivity index (χ3n) is 2.54. The molecule has 0 radical (unpaired) electrons. The second-order valence-electron chi connectivity index (χ2n) is 3.82. The van der Waals surface area contributed by atoms with E-state index >= 15 is 0 Å². The fraction of sp³-hybridized carbons (Fsp3) is 0.0769. The molecule has 0 aliphatic carbocycles. The molecule has 4 heteroatoms. The predicted octanol–water partition coefficient (Wildman–Crippen LogP) is 2.17. The lowest BCUT2D eigenvalue weighted by Gasteiger charge is -2.10. The maximum Gasteiger partial charge on any atom is 0.122 e. The van der Waals surface area contributed by atoms with Crippen molar-refractivity contribution >= 4 is 17.1 Å². The summed E-state index contributed by atoms with van der Waals surface area (Å²) < 4.78 is 0. The highest BCUT2D eigenvalue weighted by Gasteiger charge is 2.04. The molecule has 0 heterocycles. The Labute approximate surface area is 99.9 Å². The van der Waals surface area contributed by atoms with E-state index in [9.17, 15) is 5.11 Å². The third kappa shape index (κ3) is 2.60. The second-order valence-corrected chi connectivity index (χ2v) is 3.82. The van der Waals surface area contributed by atoms with Crippen LogP contribution in [0.15, 0.2) is 42.5 Å². The van der Waals surface area contributed by atoms with Gasteiger partial charge in [0, 0.05) is 29.2 Å². The van der Waals surface area contributed by atoms with Crippen molar-refractivity contribution in [2.75, 3.05) is 16.8 Å². The van der Waals surface area contributed by atoms with Crippen LogP contribution in [-0.2, 0) is 6.54 Å². The van der Waals surface area contributed by atoms with E-state index in [4.69, 9.17) is 11.5 Å². The summed E-state index contributed by atoms with van der Waals surface area (Å²) >= 11 is 0. The minimum Gasteiger partial charge on any atom is -0.508 e. The van der Waals surface area contributed by atoms with Gasteiger partial charge in [-0.3, -0.25) is 0 Å². The number of rotatable bonds is 3. The van der Waals surface area contributed by atoms with Crippen molar-refractivity contribution in [3.8, 4) is 5.75 Å². The van der Waals surface area contributed by atoms with E-state index in [2.05, 4.69) is 5.32 Å². The largest absolute Gasteiger partial charge is 0.508 e. The van der Waals surface area contributed by atoms with Crippen LogP contribution in [0.2, 0.25) is 0 Å². The number of nitrogens with one attached hydrogen (secondary N) is 1. The van der Waals surface area contributed by atoms with E-state index in [0.29, 0.717) is 23.5 Å². The van der Waals surface area contributed by atoms with Crippen molar-refractivity contribution in [3.63, 3.8) is 0 Å². The molecule has 0 spiro atoms. The van der Waals surface area contributed by atoms with Crippen LogP contribution in [0.1, 0.15) is 5.56 Å². The molecule has 0 fully saturated rings. The highest BCUT2D eigenvalue weighted by atomic mass is 16.3. The lowest BCUT2D eigenvalue weighted by Crippen LogP contribution is -2.03. The van der Waals surface area contributed by atoms with Crippen molar-refractivity contribution in [2.24, 2.45) is 0 Å². The summed E-state index contributed by atoms with van der Waals surface area (Å²) in [4.78, 5) is 0. The zero-order valence-corrected chi connectivity index (χ0v) is 9.35. The number of aromatic hydroxyl groups is 1. The number of phenolic OH excluding ortho intramolecular Hbond substituents is 1. The average molecular weight is 229 g/mol. The highest BCUT2D eigenvalue weighted by Crippen LogP contribution is 2.24. The van der Waals surface area contributed by atoms with Gasteiger partial charge in [0.05, 0.1) is 0 Å². The Morgan fingerprint density at radius 3 is 2.53 bits per heavy atom. The van der Waals surface area contributed by atoms with Crippen molar-refractivity contribution in [1.29, 1.82) is 0 Å². The second kappa shape index (κ2) is 4.65. The molecule has 0 aromatic heterocycles. The predicted molar refractivity (Wildman–Crippen MR) is 70.7 cm³/mol. The summed E-state index contributed by atoms with van der Waals surface area (Å²) in [5.74, 6) is 0.196. The first kappa shape index (κ1) is 11.1. The first-order chi connectivity index (χ1) is 8.16. The normalized spacial score (nSPS) is 10.1. The van der Waals surface area contributed by atoms with Gasteiger partial charge in [0.15, 0.2) is 0 Å². The molecular weight excluding hydrogens is 214 g/mol. The van der Waals surface area contributed by atoms with Crippen LogP contribution in [0.3, 0.4) is 0 Å². The number of hydrogen-bond acceptors (Lipinski definition) is 4. The quantitative estimate of drug-likeness (QED) is 0.608. The van der Waals surface area contributed by atoms with Gasteiger partial charge in [-0.2, -0.15) is 0 Å². The van der Waals surface area contributed by atoms with Gasteiger partial charge < -0.3 is 21.9 Å². The SMILES string of the molecule is Nc1cccc(NCc2c(N)cccc2O)c1. The molecule has 0 atom stereocenters. The summed E-state index contributed by atoms with van der Waals surface area (Å²) in [6.45, 7) is 0.460. The zero-order valence-electron chi connectivity index (χ0n) is 9.35. The molecule has 2 rings (SSSR count). The van der Waals surface area contributed by atoms with Gasteiger partial charge in [0.2, 0.25) is 0 Å². The molecule has 0 saturated carbocycles. The number of nitrogen functional groups attached to an aromatic ring is 2. The van der Waals surface area contributed by atoms with Crippen LogP contribution in [0.5, 0.6) is 5.75 Å². The van der Waals surface area contributed by atoms with Crippen molar-refractivity contribution < 1.29 is 5.11 Å². The molecule has 0 unspecified atom stereocenters. The summed E-state index contributed by atoms with van der Waals surface area (Å²) in [6, 6.07) is 12.5. The number of hydrogen-bond donors (Lipinski definition) is 4.